The molecule has 0 aliphatic carbocycles. The molecule has 0 fully saturated rings. The van der Waals surface area contributed by atoms with E-state index in [2.05, 4.69) is 26.4 Å². The van der Waals surface area contributed by atoms with Crippen molar-refractivity contribution >= 4 is 0 Å². The van der Waals surface area contributed by atoms with Crippen LogP contribution in [-0.2, 0) is 6.54 Å². The lowest BCUT2D eigenvalue weighted by atomic mass is 10.2. The standard InChI is InChI=1S/C10H11N4/c1-2-14-5-3-9(4-6-14)10-12-7-11-8-13-10/h3-8H,2H2,1H3/q+1. The molecule has 0 aliphatic rings. The van der Waals surface area contributed by atoms with Crippen LogP contribution in [0.1, 0.15) is 6.92 Å². The molecule has 0 radical (unpaired) electrons. The molecule has 2 heterocycles. The van der Waals surface area contributed by atoms with Crippen LogP contribution >= 0.6 is 0 Å². The SMILES string of the molecule is CC[n+]1ccc(-c2ncncn2)cc1. The molecule has 4 heteroatoms. The van der Waals surface area contributed by atoms with Crippen molar-refractivity contribution in [2.24, 2.45) is 0 Å². The van der Waals surface area contributed by atoms with Gasteiger partial charge in [-0.15, -0.1) is 0 Å². The molecule has 0 spiro atoms. The Labute approximate surface area is 82.3 Å². The van der Waals surface area contributed by atoms with Crippen LogP contribution in [0.15, 0.2) is 37.2 Å². The molecular weight excluding hydrogens is 176 g/mol. The monoisotopic (exact) mass is 187 g/mol. The number of aryl methyl sites for hydroxylation is 1. The largest absolute Gasteiger partial charge is 0.225 e. The van der Waals surface area contributed by atoms with Crippen LogP contribution in [0, 0.1) is 0 Å². The van der Waals surface area contributed by atoms with E-state index >= 15 is 0 Å². The Morgan fingerprint density at radius 2 is 1.79 bits per heavy atom. The quantitative estimate of drug-likeness (QED) is 0.654. The fraction of sp³-hybridized carbons (Fsp3) is 0.200. The third kappa shape index (κ3) is 1.74. The lowest BCUT2D eigenvalue weighted by Crippen LogP contribution is -2.30. The highest BCUT2D eigenvalue weighted by atomic mass is 15.0. The molecule has 0 bridgehead atoms. The zero-order valence-electron chi connectivity index (χ0n) is 7.96. The third-order valence-electron chi connectivity index (χ3n) is 2.01. The Morgan fingerprint density at radius 1 is 1.14 bits per heavy atom. The Hall–Kier alpha value is -1.84. The van der Waals surface area contributed by atoms with Crippen LogP contribution in [0.4, 0.5) is 0 Å². The van der Waals surface area contributed by atoms with Crippen molar-refractivity contribution in [2.45, 2.75) is 13.5 Å². The summed E-state index contributed by atoms with van der Waals surface area (Å²) in [6, 6.07) is 4.00. The summed E-state index contributed by atoms with van der Waals surface area (Å²) in [7, 11) is 0. The molecule has 0 saturated heterocycles. The van der Waals surface area contributed by atoms with Crippen molar-refractivity contribution in [1.82, 2.24) is 15.0 Å². The predicted molar refractivity (Wildman–Crippen MR) is 51.1 cm³/mol. The number of pyridine rings is 1. The summed E-state index contributed by atoms with van der Waals surface area (Å²) in [5.41, 5.74) is 1.01. The van der Waals surface area contributed by atoms with Gasteiger partial charge in [-0.1, -0.05) is 0 Å². The van der Waals surface area contributed by atoms with Crippen LogP contribution in [0.5, 0.6) is 0 Å². The van der Waals surface area contributed by atoms with Gasteiger partial charge in [0.1, 0.15) is 19.2 Å². The average molecular weight is 187 g/mol. The van der Waals surface area contributed by atoms with Crippen molar-refractivity contribution in [3.8, 4) is 11.4 Å². The highest BCUT2D eigenvalue weighted by Gasteiger charge is 2.02. The van der Waals surface area contributed by atoms with Gasteiger partial charge in [-0.3, -0.25) is 0 Å². The molecular formula is C10H11N4+. The van der Waals surface area contributed by atoms with Gasteiger partial charge >= 0.3 is 0 Å². The maximum absolute atomic E-state index is 4.07. The highest BCUT2D eigenvalue weighted by Crippen LogP contribution is 2.09. The van der Waals surface area contributed by atoms with Gasteiger partial charge in [0.05, 0.1) is 0 Å². The lowest BCUT2D eigenvalue weighted by Gasteiger charge is -1.96. The van der Waals surface area contributed by atoms with Gasteiger partial charge in [-0.25, -0.2) is 19.5 Å². The molecule has 0 aliphatic heterocycles. The number of hydrogen-bond donors (Lipinski definition) is 0. The van der Waals surface area contributed by atoms with E-state index in [0.29, 0.717) is 5.82 Å². The molecule has 0 atom stereocenters. The molecule has 0 amide bonds. The van der Waals surface area contributed by atoms with Crippen LogP contribution in [0.25, 0.3) is 11.4 Å². The van der Waals surface area contributed by atoms with Gasteiger partial charge in [0.2, 0.25) is 0 Å². The van der Waals surface area contributed by atoms with E-state index in [1.54, 1.807) is 0 Å². The zero-order chi connectivity index (χ0) is 9.80. The first-order valence-electron chi connectivity index (χ1n) is 4.51. The Balaban J connectivity index is 2.34. The van der Waals surface area contributed by atoms with Crippen molar-refractivity contribution in [3.05, 3.63) is 37.2 Å². The normalized spacial score (nSPS) is 10.1. The molecule has 14 heavy (non-hydrogen) atoms. The summed E-state index contributed by atoms with van der Waals surface area (Å²) >= 11 is 0. The van der Waals surface area contributed by atoms with Gasteiger partial charge in [0, 0.05) is 17.7 Å². The third-order valence-corrected chi connectivity index (χ3v) is 2.01. The minimum Gasteiger partial charge on any atom is -0.225 e. The molecule has 2 aromatic rings. The minimum absolute atomic E-state index is 0.711. The summed E-state index contributed by atoms with van der Waals surface area (Å²) in [5, 5.41) is 0. The summed E-state index contributed by atoms with van der Waals surface area (Å²) in [4.78, 5) is 11.9. The van der Waals surface area contributed by atoms with E-state index in [9.17, 15) is 0 Å². The van der Waals surface area contributed by atoms with Gasteiger partial charge in [0.25, 0.3) is 0 Å². The second kappa shape index (κ2) is 3.91. The molecule has 0 aromatic carbocycles. The fourth-order valence-electron chi connectivity index (χ4n) is 1.21. The molecule has 70 valence electrons. The van der Waals surface area contributed by atoms with E-state index in [1.165, 1.54) is 12.7 Å². The van der Waals surface area contributed by atoms with Crippen LogP contribution in [-0.4, -0.2) is 15.0 Å². The van der Waals surface area contributed by atoms with E-state index in [4.69, 9.17) is 0 Å². The smallest absolute Gasteiger partial charge is 0.169 e. The van der Waals surface area contributed by atoms with Crippen LogP contribution < -0.4 is 4.57 Å². The summed E-state index contributed by atoms with van der Waals surface area (Å²) in [6.07, 6.45) is 7.03. The number of rotatable bonds is 2. The fourth-order valence-corrected chi connectivity index (χ4v) is 1.21. The Bertz CT molecular complexity index is 396. The summed E-state index contributed by atoms with van der Waals surface area (Å²) in [6.45, 7) is 3.07. The molecule has 0 saturated carbocycles. The molecule has 0 N–H and O–H groups in total. The highest BCUT2D eigenvalue weighted by molar-refractivity contribution is 5.51. The van der Waals surface area contributed by atoms with Crippen molar-refractivity contribution in [1.29, 1.82) is 0 Å². The Morgan fingerprint density at radius 3 is 2.36 bits per heavy atom. The van der Waals surface area contributed by atoms with Crippen molar-refractivity contribution in [3.63, 3.8) is 0 Å². The first kappa shape index (κ1) is 8.74. The molecule has 0 unspecified atom stereocenters. The number of nitrogens with zero attached hydrogens (tertiary/aromatic N) is 4. The lowest BCUT2D eigenvalue weighted by molar-refractivity contribution is -0.693. The molecule has 2 aromatic heterocycles. The van der Waals surface area contributed by atoms with E-state index < -0.39 is 0 Å². The second-order valence-corrected chi connectivity index (χ2v) is 2.88. The first-order chi connectivity index (χ1) is 6.90. The topological polar surface area (TPSA) is 42.5 Å². The summed E-state index contributed by atoms with van der Waals surface area (Å²) in [5.74, 6) is 0.711. The van der Waals surface area contributed by atoms with Crippen LogP contribution in [0.3, 0.4) is 0 Å². The maximum atomic E-state index is 4.07. The molecule has 2 rings (SSSR count). The molecule has 4 nitrogen and oxygen atoms in total. The minimum atomic E-state index is 0.711. The first-order valence-corrected chi connectivity index (χ1v) is 4.51. The Kier molecular flexibility index (Phi) is 2.44. The zero-order valence-corrected chi connectivity index (χ0v) is 7.96. The van der Waals surface area contributed by atoms with Crippen LogP contribution in [0.2, 0.25) is 0 Å². The predicted octanol–water partition coefficient (Wildman–Crippen LogP) is 0.846. The van der Waals surface area contributed by atoms with E-state index in [-0.39, 0.29) is 0 Å². The van der Waals surface area contributed by atoms with E-state index in [1.807, 2.05) is 24.5 Å². The van der Waals surface area contributed by atoms with Gasteiger partial charge in [-0.2, -0.15) is 0 Å². The van der Waals surface area contributed by atoms with Gasteiger partial charge in [-0.05, 0) is 6.92 Å². The number of aromatic nitrogens is 4. The summed E-state index contributed by atoms with van der Waals surface area (Å²) < 4.78 is 2.09. The average Bonchev–Trinajstić information content (AvgIpc) is 2.30. The van der Waals surface area contributed by atoms with E-state index in [0.717, 1.165) is 12.1 Å². The van der Waals surface area contributed by atoms with Crippen molar-refractivity contribution < 1.29 is 4.57 Å². The van der Waals surface area contributed by atoms with Gasteiger partial charge in [0.15, 0.2) is 18.2 Å². The van der Waals surface area contributed by atoms with Crippen molar-refractivity contribution in [2.75, 3.05) is 0 Å². The van der Waals surface area contributed by atoms with Gasteiger partial charge < -0.3 is 0 Å². The second-order valence-electron chi connectivity index (χ2n) is 2.88. The number of hydrogen-bond acceptors (Lipinski definition) is 3. The maximum Gasteiger partial charge on any atom is 0.169 e.